The van der Waals surface area contributed by atoms with E-state index in [2.05, 4.69) is 30.0 Å². The molecule has 0 aliphatic carbocycles. The van der Waals surface area contributed by atoms with E-state index in [1.807, 2.05) is 6.07 Å². The van der Waals surface area contributed by atoms with E-state index in [0.29, 0.717) is 6.04 Å². The second-order valence-corrected chi connectivity index (χ2v) is 5.11. The van der Waals surface area contributed by atoms with Gasteiger partial charge in [-0.1, -0.05) is 19.1 Å². The molecule has 0 aromatic heterocycles. The molecule has 1 fully saturated rings. The topological polar surface area (TPSA) is 38.5 Å². The van der Waals surface area contributed by atoms with Gasteiger partial charge in [0, 0.05) is 12.6 Å². The van der Waals surface area contributed by atoms with Gasteiger partial charge in [0.2, 0.25) is 0 Å². The van der Waals surface area contributed by atoms with Gasteiger partial charge < -0.3 is 10.5 Å². The highest BCUT2D eigenvalue weighted by Gasteiger charge is 2.15. The van der Waals surface area contributed by atoms with Crippen molar-refractivity contribution in [1.82, 2.24) is 4.90 Å². The highest BCUT2D eigenvalue weighted by atomic mass is 16.5. The molecule has 1 aromatic carbocycles. The highest BCUT2D eigenvalue weighted by molar-refractivity contribution is 5.28. The molecule has 0 atom stereocenters. The highest BCUT2D eigenvalue weighted by Crippen LogP contribution is 2.17. The first kappa shape index (κ1) is 13.4. The van der Waals surface area contributed by atoms with Crippen LogP contribution in [0.4, 0.5) is 0 Å². The van der Waals surface area contributed by atoms with Crippen molar-refractivity contribution >= 4 is 0 Å². The van der Waals surface area contributed by atoms with Crippen molar-refractivity contribution in [2.75, 3.05) is 19.7 Å². The molecular weight excluding hydrogens is 224 g/mol. The lowest BCUT2D eigenvalue weighted by atomic mass is 10.1. The molecule has 3 heteroatoms. The summed E-state index contributed by atoms with van der Waals surface area (Å²) in [7, 11) is 0. The Morgan fingerprint density at radius 1 is 1.33 bits per heavy atom. The Kier molecular flexibility index (Phi) is 5.02. The van der Waals surface area contributed by atoms with E-state index in [0.717, 1.165) is 51.3 Å². The molecule has 0 spiro atoms. The van der Waals surface area contributed by atoms with Crippen molar-refractivity contribution in [3.05, 3.63) is 29.8 Å². The SMILES string of the molecule is CCCOc1cccc(CN2CCC(N)CC2)c1. The average Bonchev–Trinajstić information content (AvgIpc) is 2.40. The van der Waals surface area contributed by atoms with Crippen LogP contribution in [0.15, 0.2) is 24.3 Å². The first-order chi connectivity index (χ1) is 8.78. The molecule has 100 valence electrons. The number of nitrogens with two attached hydrogens (primary N) is 1. The second-order valence-electron chi connectivity index (χ2n) is 5.11. The van der Waals surface area contributed by atoms with Crippen molar-refractivity contribution in [3.63, 3.8) is 0 Å². The summed E-state index contributed by atoms with van der Waals surface area (Å²) in [4.78, 5) is 2.47. The first-order valence-electron chi connectivity index (χ1n) is 6.97. The normalized spacial score (nSPS) is 17.9. The summed E-state index contributed by atoms with van der Waals surface area (Å²) in [6, 6.07) is 8.85. The summed E-state index contributed by atoms with van der Waals surface area (Å²) < 4.78 is 5.66. The van der Waals surface area contributed by atoms with Crippen molar-refractivity contribution in [2.24, 2.45) is 5.73 Å². The van der Waals surface area contributed by atoms with Gasteiger partial charge in [-0.25, -0.2) is 0 Å². The van der Waals surface area contributed by atoms with Gasteiger partial charge in [0.1, 0.15) is 5.75 Å². The minimum atomic E-state index is 0.403. The predicted molar refractivity (Wildman–Crippen MR) is 74.7 cm³/mol. The number of nitrogens with zero attached hydrogens (tertiary/aromatic N) is 1. The number of hydrogen-bond donors (Lipinski definition) is 1. The third-order valence-corrected chi connectivity index (χ3v) is 3.41. The smallest absolute Gasteiger partial charge is 0.119 e. The monoisotopic (exact) mass is 248 g/mol. The van der Waals surface area contributed by atoms with Crippen LogP contribution in [0.3, 0.4) is 0 Å². The molecule has 1 aliphatic rings. The summed E-state index contributed by atoms with van der Waals surface area (Å²) in [6.45, 7) is 6.15. The summed E-state index contributed by atoms with van der Waals surface area (Å²) in [6.07, 6.45) is 3.28. The molecule has 0 radical (unpaired) electrons. The molecule has 3 nitrogen and oxygen atoms in total. The molecular formula is C15H24N2O. The van der Waals surface area contributed by atoms with Crippen LogP contribution in [-0.4, -0.2) is 30.6 Å². The van der Waals surface area contributed by atoms with E-state index < -0.39 is 0 Å². The molecule has 2 N–H and O–H groups in total. The Balaban J connectivity index is 1.88. The van der Waals surface area contributed by atoms with Crippen molar-refractivity contribution in [2.45, 2.75) is 38.8 Å². The standard InChI is InChI=1S/C15H24N2O/c1-2-10-18-15-5-3-4-13(11-15)12-17-8-6-14(16)7-9-17/h3-5,11,14H,2,6-10,12,16H2,1H3. The molecule has 0 bridgehead atoms. The van der Waals surface area contributed by atoms with Gasteiger partial charge in [0.05, 0.1) is 6.61 Å². The van der Waals surface area contributed by atoms with E-state index >= 15 is 0 Å². The quantitative estimate of drug-likeness (QED) is 0.869. The minimum Gasteiger partial charge on any atom is -0.494 e. The Morgan fingerprint density at radius 3 is 2.83 bits per heavy atom. The van der Waals surface area contributed by atoms with Crippen LogP contribution in [0.25, 0.3) is 0 Å². The largest absolute Gasteiger partial charge is 0.494 e. The summed E-state index contributed by atoms with van der Waals surface area (Å²) >= 11 is 0. The van der Waals surface area contributed by atoms with Gasteiger partial charge in [0.15, 0.2) is 0 Å². The summed E-state index contributed by atoms with van der Waals surface area (Å²) in [5.41, 5.74) is 7.26. The summed E-state index contributed by atoms with van der Waals surface area (Å²) in [5, 5.41) is 0. The maximum atomic E-state index is 5.92. The Hall–Kier alpha value is -1.06. The van der Waals surface area contributed by atoms with Crippen LogP contribution in [-0.2, 0) is 6.54 Å². The number of likely N-dealkylation sites (tertiary alicyclic amines) is 1. The molecule has 1 heterocycles. The third kappa shape index (κ3) is 4.00. The number of benzene rings is 1. The van der Waals surface area contributed by atoms with E-state index in [1.165, 1.54) is 5.56 Å². The van der Waals surface area contributed by atoms with Crippen LogP contribution in [0.2, 0.25) is 0 Å². The van der Waals surface area contributed by atoms with E-state index in [1.54, 1.807) is 0 Å². The lowest BCUT2D eigenvalue weighted by Gasteiger charge is -2.30. The number of ether oxygens (including phenoxy) is 1. The molecule has 1 saturated heterocycles. The van der Waals surface area contributed by atoms with Crippen LogP contribution in [0, 0.1) is 0 Å². The van der Waals surface area contributed by atoms with E-state index in [-0.39, 0.29) is 0 Å². The van der Waals surface area contributed by atoms with Crippen molar-refractivity contribution < 1.29 is 4.74 Å². The van der Waals surface area contributed by atoms with E-state index in [9.17, 15) is 0 Å². The zero-order chi connectivity index (χ0) is 12.8. The first-order valence-corrected chi connectivity index (χ1v) is 6.97. The molecule has 0 saturated carbocycles. The second kappa shape index (κ2) is 6.76. The van der Waals surface area contributed by atoms with Crippen molar-refractivity contribution in [3.8, 4) is 5.75 Å². The molecule has 1 aromatic rings. The Labute approximate surface area is 110 Å². The molecule has 2 rings (SSSR count). The minimum absolute atomic E-state index is 0.403. The number of rotatable bonds is 5. The molecule has 18 heavy (non-hydrogen) atoms. The molecule has 0 unspecified atom stereocenters. The Bertz CT molecular complexity index is 359. The third-order valence-electron chi connectivity index (χ3n) is 3.41. The van der Waals surface area contributed by atoms with Crippen LogP contribution in [0.5, 0.6) is 5.75 Å². The van der Waals surface area contributed by atoms with Gasteiger partial charge in [-0.3, -0.25) is 4.90 Å². The molecule has 0 amide bonds. The van der Waals surface area contributed by atoms with Crippen LogP contribution in [0.1, 0.15) is 31.7 Å². The van der Waals surface area contributed by atoms with Gasteiger partial charge in [0.25, 0.3) is 0 Å². The van der Waals surface area contributed by atoms with Crippen LogP contribution < -0.4 is 10.5 Å². The zero-order valence-electron chi connectivity index (χ0n) is 11.3. The van der Waals surface area contributed by atoms with Crippen LogP contribution >= 0.6 is 0 Å². The predicted octanol–water partition coefficient (Wildman–Crippen LogP) is 2.40. The number of hydrogen-bond acceptors (Lipinski definition) is 3. The van der Waals surface area contributed by atoms with Gasteiger partial charge in [-0.15, -0.1) is 0 Å². The fourth-order valence-electron chi connectivity index (χ4n) is 2.32. The fourth-order valence-corrected chi connectivity index (χ4v) is 2.32. The fraction of sp³-hybridized carbons (Fsp3) is 0.600. The maximum absolute atomic E-state index is 5.92. The number of piperidine rings is 1. The Morgan fingerprint density at radius 2 is 2.11 bits per heavy atom. The lowest BCUT2D eigenvalue weighted by Crippen LogP contribution is -2.39. The maximum Gasteiger partial charge on any atom is 0.119 e. The average molecular weight is 248 g/mol. The lowest BCUT2D eigenvalue weighted by molar-refractivity contribution is 0.205. The zero-order valence-corrected chi connectivity index (χ0v) is 11.3. The van der Waals surface area contributed by atoms with Gasteiger partial charge in [-0.05, 0) is 50.0 Å². The van der Waals surface area contributed by atoms with Gasteiger partial charge in [-0.2, -0.15) is 0 Å². The van der Waals surface area contributed by atoms with Gasteiger partial charge >= 0.3 is 0 Å². The van der Waals surface area contributed by atoms with Crippen molar-refractivity contribution in [1.29, 1.82) is 0 Å². The summed E-state index contributed by atoms with van der Waals surface area (Å²) in [5.74, 6) is 0.989. The molecule has 1 aliphatic heterocycles. The van der Waals surface area contributed by atoms with E-state index in [4.69, 9.17) is 10.5 Å².